The topological polar surface area (TPSA) is 115 Å². The van der Waals surface area contributed by atoms with Gasteiger partial charge in [-0.15, -0.1) is 0 Å². The predicted octanol–water partition coefficient (Wildman–Crippen LogP) is 0.0681. The number of carbonyl (C=O) groups excluding carboxylic acids is 2. The van der Waals surface area contributed by atoms with Crippen LogP contribution in [0, 0.1) is 0 Å². The Labute approximate surface area is 127 Å². The smallest absolute Gasteiger partial charge is 0.240 e. The molecular formula is C14H18N4O4. The summed E-state index contributed by atoms with van der Waals surface area (Å²) in [6, 6.07) is 5.44. The van der Waals surface area contributed by atoms with Crippen LogP contribution < -0.4 is 26.2 Å². The van der Waals surface area contributed by atoms with E-state index in [1.165, 1.54) is 0 Å². The highest BCUT2D eigenvalue weighted by Gasteiger charge is 2.12. The highest BCUT2D eigenvalue weighted by Crippen LogP contribution is 2.30. The maximum Gasteiger partial charge on any atom is 0.240 e. The highest BCUT2D eigenvalue weighted by molar-refractivity contribution is 5.99. The van der Waals surface area contributed by atoms with E-state index in [9.17, 15) is 9.59 Å². The summed E-state index contributed by atoms with van der Waals surface area (Å²) >= 11 is 0. The second kappa shape index (κ2) is 7.41. The van der Waals surface area contributed by atoms with Crippen molar-refractivity contribution in [3.63, 3.8) is 0 Å². The normalized spacial score (nSPS) is 13.5. The number of hydrogen-bond donors (Lipinski definition) is 3. The lowest BCUT2D eigenvalue weighted by atomic mass is 10.1. The van der Waals surface area contributed by atoms with Crippen LogP contribution in [-0.2, 0) is 9.59 Å². The summed E-state index contributed by atoms with van der Waals surface area (Å²) in [5.41, 5.74) is 5.78. The van der Waals surface area contributed by atoms with Gasteiger partial charge in [0, 0.05) is 18.4 Å². The second-order valence-electron chi connectivity index (χ2n) is 4.66. The number of nitrogens with two attached hydrogens (primary N) is 1. The van der Waals surface area contributed by atoms with Crippen LogP contribution in [0.25, 0.3) is 0 Å². The molecule has 1 aliphatic rings. The number of nitrogens with zero attached hydrogens (tertiary/aromatic N) is 1. The first-order valence-electron chi connectivity index (χ1n) is 6.82. The van der Waals surface area contributed by atoms with E-state index in [-0.39, 0.29) is 18.7 Å². The van der Waals surface area contributed by atoms with Crippen LogP contribution in [0.5, 0.6) is 11.5 Å². The molecule has 4 N–H and O–H groups in total. The number of rotatable bonds is 5. The van der Waals surface area contributed by atoms with Crippen molar-refractivity contribution in [1.29, 1.82) is 0 Å². The Morgan fingerprint density at radius 1 is 1.18 bits per heavy atom. The van der Waals surface area contributed by atoms with Gasteiger partial charge >= 0.3 is 0 Å². The molecule has 0 aliphatic carbocycles. The van der Waals surface area contributed by atoms with Gasteiger partial charge in [-0.05, 0) is 25.1 Å². The Bertz CT molecular complexity index is 601. The maximum atomic E-state index is 11.5. The minimum atomic E-state index is -0.400. The number of nitrogens with one attached hydrogen (secondary N) is 2. The van der Waals surface area contributed by atoms with Crippen molar-refractivity contribution in [2.24, 2.45) is 10.9 Å². The molecule has 8 heteroatoms. The monoisotopic (exact) mass is 306 g/mol. The number of hydrazine groups is 1. The Hall–Kier alpha value is -2.61. The molecule has 0 unspecified atom stereocenters. The quantitative estimate of drug-likeness (QED) is 0.308. The average molecular weight is 306 g/mol. The third-order valence-corrected chi connectivity index (χ3v) is 3.05. The molecule has 1 heterocycles. The molecule has 0 aromatic heterocycles. The molecule has 0 saturated heterocycles. The minimum absolute atomic E-state index is 0.0148. The minimum Gasteiger partial charge on any atom is -0.486 e. The fourth-order valence-corrected chi connectivity index (χ4v) is 1.83. The zero-order valence-corrected chi connectivity index (χ0v) is 12.2. The van der Waals surface area contributed by atoms with E-state index >= 15 is 0 Å². The van der Waals surface area contributed by atoms with E-state index in [2.05, 4.69) is 10.5 Å². The van der Waals surface area contributed by atoms with Gasteiger partial charge < -0.3 is 9.47 Å². The zero-order chi connectivity index (χ0) is 15.9. The molecule has 1 aliphatic heterocycles. The molecule has 0 saturated carbocycles. The molecule has 1 aromatic rings. The number of carbonyl (C=O) groups is 2. The molecule has 0 atom stereocenters. The van der Waals surface area contributed by atoms with Gasteiger partial charge in [-0.3, -0.25) is 15.0 Å². The van der Waals surface area contributed by atoms with E-state index < -0.39 is 5.91 Å². The molecule has 8 nitrogen and oxygen atoms in total. The molecule has 2 amide bonds. The Balaban J connectivity index is 1.94. The van der Waals surface area contributed by atoms with Crippen molar-refractivity contribution in [3.8, 4) is 11.5 Å². The van der Waals surface area contributed by atoms with Crippen LogP contribution in [0.3, 0.4) is 0 Å². The fraction of sp³-hybridized carbons (Fsp3) is 0.357. The van der Waals surface area contributed by atoms with Gasteiger partial charge in [0.05, 0.1) is 5.71 Å². The van der Waals surface area contributed by atoms with Gasteiger partial charge in [-0.1, -0.05) is 0 Å². The van der Waals surface area contributed by atoms with Crippen molar-refractivity contribution < 1.29 is 19.1 Å². The molecule has 0 bridgehead atoms. The van der Waals surface area contributed by atoms with Crippen LogP contribution in [0.4, 0.5) is 0 Å². The fourth-order valence-electron chi connectivity index (χ4n) is 1.83. The van der Waals surface area contributed by atoms with E-state index in [1.54, 1.807) is 19.1 Å². The average Bonchev–Trinajstić information content (AvgIpc) is 2.56. The van der Waals surface area contributed by atoms with Crippen molar-refractivity contribution in [3.05, 3.63) is 23.8 Å². The third-order valence-electron chi connectivity index (χ3n) is 3.05. The summed E-state index contributed by atoms with van der Waals surface area (Å²) in [5, 5.41) is 4.00. The number of hydrazone groups is 1. The van der Waals surface area contributed by atoms with Crippen LogP contribution >= 0.6 is 0 Å². The maximum absolute atomic E-state index is 11.5. The summed E-state index contributed by atoms with van der Waals surface area (Å²) in [5.74, 6) is 5.52. The van der Waals surface area contributed by atoms with E-state index in [4.69, 9.17) is 15.3 Å². The van der Waals surface area contributed by atoms with Crippen LogP contribution in [0.1, 0.15) is 25.3 Å². The van der Waals surface area contributed by atoms with Crippen LogP contribution in [0.15, 0.2) is 23.3 Å². The van der Waals surface area contributed by atoms with Crippen molar-refractivity contribution in [2.45, 2.75) is 19.8 Å². The first kappa shape index (κ1) is 15.8. The SMILES string of the molecule is C/C(=N\NC(=O)CCC(=O)NN)c1ccc2c(c1)OCCO2. The molecule has 22 heavy (non-hydrogen) atoms. The largest absolute Gasteiger partial charge is 0.486 e. The predicted molar refractivity (Wildman–Crippen MR) is 79.3 cm³/mol. The standard InChI is InChI=1S/C14H18N4O4/c1-9(17-18-14(20)5-4-13(19)16-15)10-2-3-11-12(8-10)22-7-6-21-11/h2-3,8H,4-7,15H2,1H3,(H,16,19)(H,18,20)/b17-9+. The van der Waals surface area contributed by atoms with E-state index in [0.29, 0.717) is 30.4 Å². The lowest BCUT2D eigenvalue weighted by molar-refractivity contribution is -0.126. The molecule has 0 spiro atoms. The Morgan fingerprint density at radius 2 is 1.86 bits per heavy atom. The highest BCUT2D eigenvalue weighted by atomic mass is 16.6. The van der Waals surface area contributed by atoms with Crippen molar-refractivity contribution in [1.82, 2.24) is 10.9 Å². The summed E-state index contributed by atoms with van der Waals surface area (Å²) in [6.07, 6.45) is 0.0296. The third kappa shape index (κ3) is 4.19. The first-order valence-corrected chi connectivity index (χ1v) is 6.82. The molecule has 118 valence electrons. The number of benzene rings is 1. The first-order chi connectivity index (χ1) is 10.6. The molecule has 2 rings (SSSR count). The lowest BCUT2D eigenvalue weighted by Gasteiger charge is -2.18. The number of amides is 2. The van der Waals surface area contributed by atoms with Crippen LogP contribution in [-0.4, -0.2) is 30.7 Å². The number of fused-ring (bicyclic) bond motifs is 1. The molecule has 0 radical (unpaired) electrons. The summed E-state index contributed by atoms with van der Waals surface area (Å²) in [6.45, 7) is 2.80. The Morgan fingerprint density at radius 3 is 2.59 bits per heavy atom. The summed E-state index contributed by atoms with van der Waals surface area (Å²) < 4.78 is 10.9. The molecule has 0 fully saturated rings. The van der Waals surface area contributed by atoms with E-state index in [1.807, 2.05) is 11.5 Å². The van der Waals surface area contributed by atoms with Gasteiger partial charge in [-0.25, -0.2) is 11.3 Å². The van der Waals surface area contributed by atoms with Gasteiger partial charge in [0.25, 0.3) is 0 Å². The number of ether oxygens (including phenoxy) is 2. The van der Waals surface area contributed by atoms with Crippen molar-refractivity contribution in [2.75, 3.05) is 13.2 Å². The van der Waals surface area contributed by atoms with Gasteiger partial charge in [-0.2, -0.15) is 5.10 Å². The van der Waals surface area contributed by atoms with Gasteiger partial charge in [0.2, 0.25) is 11.8 Å². The zero-order valence-electron chi connectivity index (χ0n) is 12.2. The van der Waals surface area contributed by atoms with E-state index in [0.717, 1.165) is 5.56 Å². The second-order valence-corrected chi connectivity index (χ2v) is 4.66. The summed E-state index contributed by atoms with van der Waals surface area (Å²) in [4.78, 5) is 22.5. The Kier molecular flexibility index (Phi) is 5.31. The van der Waals surface area contributed by atoms with Gasteiger partial charge in [0.1, 0.15) is 13.2 Å². The van der Waals surface area contributed by atoms with Gasteiger partial charge in [0.15, 0.2) is 11.5 Å². The molecule has 1 aromatic carbocycles. The van der Waals surface area contributed by atoms with Crippen LogP contribution in [0.2, 0.25) is 0 Å². The lowest BCUT2D eigenvalue weighted by Crippen LogP contribution is -2.31. The van der Waals surface area contributed by atoms with Crippen molar-refractivity contribution >= 4 is 17.5 Å². The molecular weight excluding hydrogens is 288 g/mol. The summed E-state index contributed by atoms with van der Waals surface area (Å²) in [7, 11) is 0. The number of hydrogen-bond acceptors (Lipinski definition) is 6.